The summed E-state index contributed by atoms with van der Waals surface area (Å²) in [4.78, 5) is 0.457. The van der Waals surface area contributed by atoms with E-state index in [-0.39, 0.29) is 5.82 Å². The first-order valence-electron chi connectivity index (χ1n) is 5.22. The van der Waals surface area contributed by atoms with Gasteiger partial charge in [0.25, 0.3) is 0 Å². The number of hydrogen-bond acceptors (Lipinski definition) is 0. The first-order valence-corrected chi connectivity index (χ1v) is 6.51. The summed E-state index contributed by atoms with van der Waals surface area (Å²) in [6.45, 7) is 2.14. The smallest absolute Gasteiger partial charge is 0.127 e. The van der Waals surface area contributed by atoms with Crippen LogP contribution in [0.3, 0.4) is 0 Å². The van der Waals surface area contributed by atoms with Crippen LogP contribution < -0.4 is 0 Å². The van der Waals surface area contributed by atoms with Gasteiger partial charge in [0, 0.05) is 15.4 Å². The zero-order valence-corrected chi connectivity index (χ0v) is 11.1. The average Bonchev–Trinajstić information content (AvgIpc) is 2.17. The van der Waals surface area contributed by atoms with Crippen LogP contribution in [0.25, 0.3) is 0 Å². The third-order valence-electron chi connectivity index (χ3n) is 2.37. The zero-order valence-electron chi connectivity index (χ0n) is 8.77. The predicted molar refractivity (Wildman–Crippen MR) is 67.4 cm³/mol. The van der Waals surface area contributed by atoms with Crippen molar-refractivity contribution in [2.24, 2.45) is 0 Å². The lowest BCUT2D eigenvalue weighted by molar-refractivity contribution is 0.598. The van der Waals surface area contributed by atoms with Crippen molar-refractivity contribution in [3.8, 4) is 0 Å². The number of benzene rings is 1. The molecule has 1 atom stereocenters. The van der Waals surface area contributed by atoms with Gasteiger partial charge in [-0.05, 0) is 31.4 Å². The lowest BCUT2D eigenvalue weighted by atomic mass is 10.1. The van der Waals surface area contributed by atoms with Crippen molar-refractivity contribution < 1.29 is 4.39 Å². The van der Waals surface area contributed by atoms with Gasteiger partial charge in [0.1, 0.15) is 5.82 Å². The van der Waals surface area contributed by atoms with E-state index in [9.17, 15) is 4.39 Å². The third kappa shape index (κ3) is 4.12. The number of alkyl halides is 1. The van der Waals surface area contributed by atoms with E-state index in [1.54, 1.807) is 12.1 Å². The molecule has 0 spiro atoms. The Bertz CT molecular complexity index is 294. The molecule has 1 rings (SSSR count). The van der Waals surface area contributed by atoms with Gasteiger partial charge in [-0.3, -0.25) is 0 Å². The molecule has 0 heterocycles. The van der Waals surface area contributed by atoms with E-state index in [0.717, 1.165) is 19.3 Å². The largest absolute Gasteiger partial charge is 0.207 e. The Balaban J connectivity index is 2.57. The number of rotatable bonds is 5. The summed E-state index contributed by atoms with van der Waals surface area (Å²) in [6.07, 6.45) is 3.88. The highest BCUT2D eigenvalue weighted by Gasteiger charge is 2.09. The molecule has 1 unspecified atom stereocenters. The highest BCUT2D eigenvalue weighted by atomic mass is 79.9. The van der Waals surface area contributed by atoms with E-state index in [0.29, 0.717) is 21.8 Å². The molecule has 3 heteroatoms. The molecule has 0 amide bonds. The van der Waals surface area contributed by atoms with Crippen LogP contribution in [0.2, 0.25) is 5.02 Å². The number of halogens is 3. The summed E-state index contributed by atoms with van der Waals surface area (Å²) in [7, 11) is 0. The van der Waals surface area contributed by atoms with Crippen molar-refractivity contribution in [3.05, 3.63) is 34.6 Å². The Hall–Kier alpha value is -0.0800. The molecule has 0 N–H and O–H groups in total. The van der Waals surface area contributed by atoms with Gasteiger partial charge in [-0.25, -0.2) is 4.39 Å². The molecule has 0 bridgehead atoms. The van der Waals surface area contributed by atoms with Crippen LogP contribution in [-0.4, -0.2) is 4.83 Å². The summed E-state index contributed by atoms with van der Waals surface area (Å²) in [6, 6.07) is 4.84. The van der Waals surface area contributed by atoms with Crippen LogP contribution >= 0.6 is 27.5 Å². The van der Waals surface area contributed by atoms with Crippen LogP contribution in [0.1, 0.15) is 31.7 Å². The molecular formula is C12H15BrClF. The quantitative estimate of drug-likeness (QED) is 0.672. The standard InChI is InChI=1S/C12H15BrClF/c1-2-4-9(13)7-8-10-11(14)5-3-6-12(10)15/h3,5-6,9H,2,4,7-8H2,1H3. The van der Waals surface area contributed by atoms with Gasteiger partial charge in [0.2, 0.25) is 0 Å². The molecule has 0 aliphatic rings. The van der Waals surface area contributed by atoms with E-state index < -0.39 is 0 Å². The summed E-state index contributed by atoms with van der Waals surface area (Å²) < 4.78 is 13.4. The molecule has 0 radical (unpaired) electrons. The van der Waals surface area contributed by atoms with E-state index in [4.69, 9.17) is 11.6 Å². The number of hydrogen-bond donors (Lipinski definition) is 0. The molecule has 0 aliphatic carbocycles. The first-order chi connectivity index (χ1) is 7.15. The molecule has 15 heavy (non-hydrogen) atoms. The molecule has 0 nitrogen and oxygen atoms in total. The van der Waals surface area contributed by atoms with Crippen LogP contribution in [0.5, 0.6) is 0 Å². The van der Waals surface area contributed by atoms with Gasteiger partial charge in [0.15, 0.2) is 0 Å². The average molecular weight is 294 g/mol. The molecular weight excluding hydrogens is 278 g/mol. The van der Waals surface area contributed by atoms with E-state index >= 15 is 0 Å². The van der Waals surface area contributed by atoms with Gasteiger partial charge in [-0.15, -0.1) is 0 Å². The molecule has 0 aromatic heterocycles. The summed E-state index contributed by atoms with van der Waals surface area (Å²) in [5, 5.41) is 0.534. The highest BCUT2D eigenvalue weighted by molar-refractivity contribution is 9.09. The van der Waals surface area contributed by atoms with Crippen LogP contribution in [0.4, 0.5) is 4.39 Å². The fourth-order valence-corrected chi connectivity index (χ4v) is 2.47. The van der Waals surface area contributed by atoms with Crippen LogP contribution in [0.15, 0.2) is 18.2 Å². The lowest BCUT2D eigenvalue weighted by Gasteiger charge is -2.09. The van der Waals surface area contributed by atoms with E-state index in [2.05, 4.69) is 22.9 Å². The monoisotopic (exact) mass is 292 g/mol. The van der Waals surface area contributed by atoms with Crippen molar-refractivity contribution in [3.63, 3.8) is 0 Å². The fraction of sp³-hybridized carbons (Fsp3) is 0.500. The minimum Gasteiger partial charge on any atom is -0.207 e. The second-order valence-electron chi connectivity index (χ2n) is 3.62. The van der Waals surface area contributed by atoms with Gasteiger partial charge in [0.05, 0.1) is 0 Å². The molecule has 1 aromatic rings. The van der Waals surface area contributed by atoms with Crippen molar-refractivity contribution in [1.29, 1.82) is 0 Å². The maximum atomic E-state index is 13.4. The summed E-state index contributed by atoms with van der Waals surface area (Å²) in [5.74, 6) is -0.196. The van der Waals surface area contributed by atoms with Gasteiger partial charge in [-0.2, -0.15) is 0 Å². The zero-order chi connectivity index (χ0) is 11.3. The predicted octanol–water partition coefficient (Wildman–Crippen LogP) is 4.98. The Morgan fingerprint density at radius 3 is 2.73 bits per heavy atom. The second kappa shape index (κ2) is 6.49. The Morgan fingerprint density at radius 2 is 2.13 bits per heavy atom. The summed E-state index contributed by atoms with van der Waals surface area (Å²) >= 11 is 9.51. The van der Waals surface area contributed by atoms with Crippen molar-refractivity contribution in [2.45, 2.75) is 37.4 Å². The minimum atomic E-state index is -0.196. The lowest BCUT2D eigenvalue weighted by Crippen LogP contribution is -2.01. The van der Waals surface area contributed by atoms with Crippen LogP contribution in [-0.2, 0) is 6.42 Å². The van der Waals surface area contributed by atoms with Crippen molar-refractivity contribution >= 4 is 27.5 Å². The molecule has 0 saturated carbocycles. The van der Waals surface area contributed by atoms with Gasteiger partial charge in [-0.1, -0.05) is 46.9 Å². The Labute approximate surface area is 104 Å². The Morgan fingerprint density at radius 1 is 1.40 bits per heavy atom. The normalized spacial score (nSPS) is 12.8. The van der Waals surface area contributed by atoms with Crippen LogP contribution in [0, 0.1) is 5.82 Å². The minimum absolute atomic E-state index is 0.196. The first kappa shape index (κ1) is 13.0. The maximum Gasteiger partial charge on any atom is 0.127 e. The van der Waals surface area contributed by atoms with Crippen molar-refractivity contribution in [2.75, 3.05) is 0 Å². The second-order valence-corrected chi connectivity index (χ2v) is 5.33. The van der Waals surface area contributed by atoms with Crippen molar-refractivity contribution in [1.82, 2.24) is 0 Å². The fourth-order valence-electron chi connectivity index (χ4n) is 1.53. The summed E-state index contributed by atoms with van der Waals surface area (Å²) in [5.41, 5.74) is 0.639. The van der Waals surface area contributed by atoms with Gasteiger partial charge >= 0.3 is 0 Å². The van der Waals surface area contributed by atoms with E-state index in [1.807, 2.05) is 0 Å². The Kier molecular flexibility index (Phi) is 5.62. The highest BCUT2D eigenvalue weighted by Crippen LogP contribution is 2.23. The molecule has 84 valence electrons. The molecule has 0 saturated heterocycles. The molecule has 0 aliphatic heterocycles. The van der Waals surface area contributed by atoms with Gasteiger partial charge < -0.3 is 0 Å². The SMILES string of the molecule is CCCC(Br)CCc1c(F)cccc1Cl. The third-order valence-corrected chi connectivity index (χ3v) is 3.64. The van der Waals surface area contributed by atoms with E-state index in [1.165, 1.54) is 6.07 Å². The molecule has 0 fully saturated rings. The topological polar surface area (TPSA) is 0 Å². The maximum absolute atomic E-state index is 13.4. The molecule has 1 aromatic carbocycles.